The van der Waals surface area contributed by atoms with Crippen LogP contribution in [0.3, 0.4) is 0 Å². The molecule has 4 heteroatoms. The molecule has 0 atom stereocenters. The third-order valence-electron chi connectivity index (χ3n) is 4.98. The normalized spacial score (nSPS) is 21.3. The quantitative estimate of drug-likeness (QED) is 0.902. The predicted octanol–water partition coefficient (Wildman–Crippen LogP) is 2.09. The fourth-order valence-electron chi connectivity index (χ4n) is 3.35. The van der Waals surface area contributed by atoms with Crippen LogP contribution in [0.25, 0.3) is 0 Å². The third-order valence-corrected chi connectivity index (χ3v) is 4.98. The van der Waals surface area contributed by atoms with E-state index in [2.05, 4.69) is 37.9 Å². The van der Waals surface area contributed by atoms with Crippen LogP contribution in [0.15, 0.2) is 29.2 Å². The predicted molar refractivity (Wildman–Crippen MR) is 87.7 cm³/mol. The van der Waals surface area contributed by atoms with Crippen LogP contribution in [0.5, 0.6) is 0 Å². The molecular formula is C17H29N3O. The smallest absolute Gasteiger partial charge is 0.250 e. The first-order valence-electron chi connectivity index (χ1n) is 8.08. The van der Waals surface area contributed by atoms with Gasteiger partial charge < -0.3 is 9.88 Å². The number of rotatable bonds is 5. The van der Waals surface area contributed by atoms with E-state index < -0.39 is 0 Å². The van der Waals surface area contributed by atoms with E-state index in [1.165, 1.54) is 0 Å². The molecule has 1 aliphatic heterocycles. The van der Waals surface area contributed by atoms with Crippen molar-refractivity contribution in [1.82, 2.24) is 14.8 Å². The van der Waals surface area contributed by atoms with Crippen molar-refractivity contribution in [1.29, 1.82) is 0 Å². The van der Waals surface area contributed by atoms with E-state index >= 15 is 0 Å². The van der Waals surface area contributed by atoms with Gasteiger partial charge in [-0.2, -0.15) is 0 Å². The van der Waals surface area contributed by atoms with Crippen molar-refractivity contribution in [3.63, 3.8) is 0 Å². The summed E-state index contributed by atoms with van der Waals surface area (Å²) in [6, 6.07) is 5.36. The zero-order chi connectivity index (χ0) is 15.5. The van der Waals surface area contributed by atoms with Crippen LogP contribution in [0.1, 0.15) is 40.5 Å². The molecule has 118 valence electrons. The Morgan fingerprint density at radius 2 is 1.90 bits per heavy atom. The lowest BCUT2D eigenvalue weighted by atomic mass is 9.84. The van der Waals surface area contributed by atoms with Gasteiger partial charge in [0.1, 0.15) is 0 Å². The summed E-state index contributed by atoms with van der Waals surface area (Å²) in [5, 5.41) is 3.68. The summed E-state index contributed by atoms with van der Waals surface area (Å²) in [6.45, 7) is 12.8. The summed E-state index contributed by atoms with van der Waals surface area (Å²) in [5.74, 6) is 0. The Morgan fingerprint density at radius 1 is 1.19 bits per heavy atom. The largest absolute Gasteiger partial charge is 0.314 e. The molecule has 0 aliphatic carbocycles. The van der Waals surface area contributed by atoms with E-state index in [1.54, 1.807) is 12.1 Å². The van der Waals surface area contributed by atoms with Crippen LogP contribution in [-0.4, -0.2) is 40.2 Å². The van der Waals surface area contributed by atoms with Crippen molar-refractivity contribution in [2.45, 2.75) is 58.2 Å². The lowest BCUT2D eigenvalue weighted by Crippen LogP contribution is -2.68. The van der Waals surface area contributed by atoms with E-state index in [0.29, 0.717) is 0 Å². The molecule has 0 aromatic carbocycles. The van der Waals surface area contributed by atoms with E-state index in [0.717, 1.165) is 39.0 Å². The monoisotopic (exact) mass is 291 g/mol. The number of hydrogen-bond donors (Lipinski definition) is 1. The Morgan fingerprint density at radius 3 is 2.52 bits per heavy atom. The van der Waals surface area contributed by atoms with Crippen molar-refractivity contribution in [2.24, 2.45) is 0 Å². The molecule has 0 unspecified atom stereocenters. The van der Waals surface area contributed by atoms with Crippen LogP contribution < -0.4 is 10.9 Å². The Kier molecular flexibility index (Phi) is 4.89. The molecular weight excluding hydrogens is 262 g/mol. The van der Waals surface area contributed by atoms with Crippen molar-refractivity contribution >= 4 is 0 Å². The molecule has 1 aromatic heterocycles. The zero-order valence-electron chi connectivity index (χ0n) is 13.9. The molecule has 1 N–H and O–H groups in total. The van der Waals surface area contributed by atoms with Gasteiger partial charge in [0.25, 0.3) is 5.56 Å². The van der Waals surface area contributed by atoms with Crippen LogP contribution in [-0.2, 0) is 6.54 Å². The van der Waals surface area contributed by atoms with Gasteiger partial charge in [-0.15, -0.1) is 0 Å². The van der Waals surface area contributed by atoms with Gasteiger partial charge >= 0.3 is 0 Å². The molecule has 4 nitrogen and oxygen atoms in total. The zero-order valence-corrected chi connectivity index (χ0v) is 13.9. The summed E-state index contributed by atoms with van der Waals surface area (Å²) in [5.41, 5.74) is 0.439. The SMILES string of the molecule is CCC1(CC)CNC(C)(C)CN1CCn1ccccc1=O. The molecule has 2 heterocycles. The average Bonchev–Trinajstić information content (AvgIpc) is 2.47. The summed E-state index contributed by atoms with van der Waals surface area (Å²) >= 11 is 0. The first-order chi connectivity index (χ1) is 9.92. The van der Waals surface area contributed by atoms with Crippen molar-refractivity contribution < 1.29 is 0 Å². The van der Waals surface area contributed by atoms with Gasteiger partial charge in [-0.05, 0) is 32.8 Å². The Bertz CT molecular complexity index is 517. The summed E-state index contributed by atoms with van der Waals surface area (Å²) in [7, 11) is 0. The minimum atomic E-state index is 0.0884. The number of pyridine rings is 1. The summed E-state index contributed by atoms with van der Waals surface area (Å²) in [4.78, 5) is 14.4. The third kappa shape index (κ3) is 3.55. The maximum Gasteiger partial charge on any atom is 0.250 e. The first-order valence-corrected chi connectivity index (χ1v) is 8.08. The van der Waals surface area contributed by atoms with Gasteiger partial charge in [0, 0.05) is 49.5 Å². The lowest BCUT2D eigenvalue weighted by Gasteiger charge is -2.52. The van der Waals surface area contributed by atoms with Crippen molar-refractivity contribution in [2.75, 3.05) is 19.6 Å². The number of hydrogen-bond acceptors (Lipinski definition) is 3. The van der Waals surface area contributed by atoms with E-state index in [4.69, 9.17) is 0 Å². The van der Waals surface area contributed by atoms with E-state index in [1.807, 2.05) is 16.8 Å². The highest BCUT2D eigenvalue weighted by molar-refractivity contribution is 5.01. The van der Waals surface area contributed by atoms with Crippen molar-refractivity contribution in [3.05, 3.63) is 34.7 Å². The number of aromatic nitrogens is 1. The van der Waals surface area contributed by atoms with Crippen LogP contribution in [0.2, 0.25) is 0 Å². The highest BCUT2D eigenvalue weighted by Gasteiger charge is 2.41. The van der Waals surface area contributed by atoms with Crippen LogP contribution in [0.4, 0.5) is 0 Å². The topological polar surface area (TPSA) is 37.3 Å². The Labute approximate surface area is 128 Å². The average molecular weight is 291 g/mol. The minimum absolute atomic E-state index is 0.0884. The van der Waals surface area contributed by atoms with Gasteiger partial charge in [-0.1, -0.05) is 19.9 Å². The highest BCUT2D eigenvalue weighted by atomic mass is 16.1. The molecule has 0 spiro atoms. The summed E-state index contributed by atoms with van der Waals surface area (Å²) < 4.78 is 1.81. The molecule has 0 amide bonds. The fraction of sp³-hybridized carbons (Fsp3) is 0.706. The second-order valence-corrected chi connectivity index (χ2v) is 6.82. The Hall–Kier alpha value is -1.13. The molecule has 1 aliphatic rings. The molecule has 0 bridgehead atoms. The number of nitrogens with zero attached hydrogens (tertiary/aromatic N) is 2. The van der Waals surface area contributed by atoms with Crippen LogP contribution in [0, 0.1) is 0 Å². The standard InChI is InChI=1S/C17H29N3O/c1-5-17(6-2)13-18-16(3,4)14-20(17)12-11-19-10-8-7-9-15(19)21/h7-10,18H,5-6,11-14H2,1-4H3. The number of piperazine rings is 1. The molecule has 2 rings (SSSR count). The first kappa shape index (κ1) is 16.2. The second kappa shape index (κ2) is 6.32. The van der Waals surface area contributed by atoms with Gasteiger partial charge in [-0.25, -0.2) is 0 Å². The fourth-order valence-corrected chi connectivity index (χ4v) is 3.35. The highest BCUT2D eigenvalue weighted by Crippen LogP contribution is 2.29. The molecule has 0 radical (unpaired) electrons. The Balaban J connectivity index is 2.13. The van der Waals surface area contributed by atoms with E-state index in [-0.39, 0.29) is 16.6 Å². The van der Waals surface area contributed by atoms with Gasteiger partial charge in [0.2, 0.25) is 0 Å². The lowest BCUT2D eigenvalue weighted by molar-refractivity contribution is 0.00641. The maximum atomic E-state index is 11.9. The van der Waals surface area contributed by atoms with Gasteiger partial charge in [0.15, 0.2) is 0 Å². The molecule has 0 saturated carbocycles. The molecule has 1 saturated heterocycles. The maximum absolute atomic E-state index is 11.9. The molecule has 21 heavy (non-hydrogen) atoms. The van der Waals surface area contributed by atoms with Gasteiger partial charge in [-0.3, -0.25) is 9.69 Å². The minimum Gasteiger partial charge on any atom is -0.314 e. The molecule has 1 fully saturated rings. The van der Waals surface area contributed by atoms with E-state index in [9.17, 15) is 4.79 Å². The second-order valence-electron chi connectivity index (χ2n) is 6.82. The molecule has 1 aromatic rings. The van der Waals surface area contributed by atoms with Crippen LogP contribution >= 0.6 is 0 Å². The van der Waals surface area contributed by atoms with Gasteiger partial charge in [0.05, 0.1) is 0 Å². The van der Waals surface area contributed by atoms with Crippen molar-refractivity contribution in [3.8, 4) is 0 Å². The number of nitrogens with one attached hydrogen (secondary N) is 1. The summed E-state index contributed by atoms with van der Waals surface area (Å²) in [6.07, 6.45) is 4.15.